The maximum atomic E-state index is 11.8. The van der Waals surface area contributed by atoms with Crippen molar-refractivity contribution in [3.8, 4) is 0 Å². The zero-order chi connectivity index (χ0) is 13.6. The van der Waals surface area contributed by atoms with Crippen LogP contribution in [0.4, 0.5) is 0 Å². The van der Waals surface area contributed by atoms with E-state index in [2.05, 4.69) is 15.6 Å². The van der Waals surface area contributed by atoms with E-state index < -0.39 is 0 Å². The Kier molecular flexibility index (Phi) is 4.90. The molecule has 1 aliphatic carbocycles. The minimum Gasteiger partial charge on any atom is -0.396 e. The van der Waals surface area contributed by atoms with E-state index >= 15 is 0 Å². The summed E-state index contributed by atoms with van der Waals surface area (Å²) in [6, 6.07) is 0. The summed E-state index contributed by atoms with van der Waals surface area (Å²) in [4.78, 5) is 11.8. The van der Waals surface area contributed by atoms with E-state index in [1.165, 1.54) is 6.42 Å². The Morgan fingerprint density at radius 3 is 2.79 bits per heavy atom. The zero-order valence-electron chi connectivity index (χ0n) is 11.2. The average Bonchev–Trinajstić information content (AvgIpc) is 2.97. The van der Waals surface area contributed by atoms with E-state index in [4.69, 9.17) is 0 Å². The smallest absolute Gasteiger partial charge is 0.221 e. The summed E-state index contributed by atoms with van der Waals surface area (Å²) in [5.74, 6) is 0.00824. The summed E-state index contributed by atoms with van der Waals surface area (Å²) >= 11 is 0. The summed E-state index contributed by atoms with van der Waals surface area (Å²) in [5.41, 5.74) is -0.0961. The van der Waals surface area contributed by atoms with Gasteiger partial charge in [0.25, 0.3) is 0 Å². The molecule has 2 rings (SSSR count). The molecule has 2 N–H and O–H groups in total. The largest absolute Gasteiger partial charge is 0.396 e. The van der Waals surface area contributed by atoms with Crippen molar-refractivity contribution in [2.45, 2.75) is 45.1 Å². The van der Waals surface area contributed by atoms with E-state index in [-0.39, 0.29) is 17.9 Å². The summed E-state index contributed by atoms with van der Waals surface area (Å²) in [5, 5.41) is 20.0. The maximum absolute atomic E-state index is 11.8. The molecule has 1 saturated carbocycles. The fourth-order valence-electron chi connectivity index (χ4n) is 2.64. The van der Waals surface area contributed by atoms with Crippen LogP contribution in [0.3, 0.4) is 0 Å². The highest BCUT2D eigenvalue weighted by atomic mass is 16.3. The van der Waals surface area contributed by atoms with E-state index in [0.717, 1.165) is 25.7 Å². The van der Waals surface area contributed by atoms with Gasteiger partial charge in [-0.25, -0.2) is 0 Å². The second-order valence-corrected chi connectivity index (χ2v) is 5.41. The summed E-state index contributed by atoms with van der Waals surface area (Å²) in [6.07, 6.45) is 9.28. The molecule has 6 heteroatoms. The van der Waals surface area contributed by atoms with Gasteiger partial charge < -0.3 is 10.4 Å². The minimum absolute atomic E-state index is 0.00824. The van der Waals surface area contributed by atoms with Gasteiger partial charge in [-0.15, -0.1) is 5.10 Å². The van der Waals surface area contributed by atoms with Gasteiger partial charge in [0.05, 0.1) is 19.3 Å². The number of hydrogen-bond donors (Lipinski definition) is 2. The number of aromatic nitrogens is 3. The maximum Gasteiger partial charge on any atom is 0.221 e. The van der Waals surface area contributed by atoms with Crippen molar-refractivity contribution in [3.05, 3.63) is 12.4 Å². The highest BCUT2D eigenvalue weighted by Crippen LogP contribution is 2.35. The molecule has 19 heavy (non-hydrogen) atoms. The third-order valence-corrected chi connectivity index (χ3v) is 3.95. The van der Waals surface area contributed by atoms with Crippen LogP contribution >= 0.6 is 0 Å². The van der Waals surface area contributed by atoms with Crippen LogP contribution in [-0.2, 0) is 11.3 Å². The predicted molar refractivity (Wildman–Crippen MR) is 70.3 cm³/mol. The van der Waals surface area contributed by atoms with Crippen molar-refractivity contribution in [3.63, 3.8) is 0 Å². The molecule has 0 unspecified atom stereocenters. The number of amides is 1. The number of aliphatic hydroxyl groups excluding tert-OH is 1. The SMILES string of the molecule is O=C(CCn1ccnn1)NCC1(CO)CCCCC1. The highest BCUT2D eigenvalue weighted by Gasteiger charge is 2.31. The standard InChI is InChI=1S/C13H22N4O2/c18-11-13(5-2-1-3-6-13)10-14-12(19)4-8-17-9-7-15-16-17/h7,9,18H,1-6,8,10-11H2,(H,14,19). The molecule has 0 spiro atoms. The second-order valence-electron chi connectivity index (χ2n) is 5.41. The van der Waals surface area contributed by atoms with Crippen molar-refractivity contribution in [2.75, 3.05) is 13.2 Å². The fraction of sp³-hybridized carbons (Fsp3) is 0.769. The lowest BCUT2D eigenvalue weighted by Gasteiger charge is -2.35. The van der Waals surface area contributed by atoms with Crippen LogP contribution in [0.2, 0.25) is 0 Å². The number of aryl methyl sites for hydroxylation is 1. The van der Waals surface area contributed by atoms with Crippen molar-refractivity contribution in [2.24, 2.45) is 5.41 Å². The number of hydrogen-bond acceptors (Lipinski definition) is 4. The Balaban J connectivity index is 1.72. The molecule has 1 aromatic rings. The molecular formula is C13H22N4O2. The van der Waals surface area contributed by atoms with Crippen LogP contribution in [0.25, 0.3) is 0 Å². The summed E-state index contributed by atoms with van der Waals surface area (Å²) in [6.45, 7) is 1.29. The molecule has 1 aromatic heterocycles. The Bertz CT molecular complexity index is 385. The molecule has 106 valence electrons. The number of carbonyl (C=O) groups is 1. The highest BCUT2D eigenvalue weighted by molar-refractivity contribution is 5.75. The number of nitrogens with one attached hydrogen (secondary N) is 1. The lowest BCUT2D eigenvalue weighted by Crippen LogP contribution is -2.41. The molecule has 1 amide bonds. The van der Waals surface area contributed by atoms with Crippen molar-refractivity contribution < 1.29 is 9.90 Å². The van der Waals surface area contributed by atoms with Gasteiger partial charge in [0.1, 0.15) is 0 Å². The molecule has 0 saturated heterocycles. The van der Waals surface area contributed by atoms with Gasteiger partial charge in [-0.2, -0.15) is 0 Å². The first-order valence-electron chi connectivity index (χ1n) is 6.96. The molecule has 1 aliphatic rings. The lowest BCUT2D eigenvalue weighted by atomic mass is 9.74. The Hall–Kier alpha value is -1.43. The van der Waals surface area contributed by atoms with Gasteiger partial charge >= 0.3 is 0 Å². The van der Waals surface area contributed by atoms with Gasteiger partial charge in [0.2, 0.25) is 5.91 Å². The zero-order valence-corrected chi connectivity index (χ0v) is 11.2. The Labute approximate surface area is 113 Å². The molecule has 0 radical (unpaired) electrons. The topological polar surface area (TPSA) is 80.0 Å². The van der Waals surface area contributed by atoms with E-state index in [1.807, 2.05) is 0 Å². The molecule has 1 heterocycles. The van der Waals surface area contributed by atoms with Crippen LogP contribution in [0.5, 0.6) is 0 Å². The van der Waals surface area contributed by atoms with E-state index in [9.17, 15) is 9.90 Å². The van der Waals surface area contributed by atoms with Gasteiger partial charge in [0.15, 0.2) is 0 Å². The monoisotopic (exact) mass is 266 g/mol. The second kappa shape index (κ2) is 6.65. The van der Waals surface area contributed by atoms with E-state index in [1.54, 1.807) is 17.1 Å². The van der Waals surface area contributed by atoms with Gasteiger partial charge in [-0.1, -0.05) is 24.5 Å². The van der Waals surface area contributed by atoms with Crippen LogP contribution < -0.4 is 5.32 Å². The van der Waals surface area contributed by atoms with Crippen LogP contribution in [-0.4, -0.2) is 39.2 Å². The minimum atomic E-state index is -0.0961. The third kappa shape index (κ3) is 4.02. The number of nitrogens with zero attached hydrogens (tertiary/aromatic N) is 3. The van der Waals surface area contributed by atoms with Gasteiger partial charge in [-0.05, 0) is 12.8 Å². The first-order valence-corrected chi connectivity index (χ1v) is 6.96. The Morgan fingerprint density at radius 2 is 2.16 bits per heavy atom. The van der Waals surface area contributed by atoms with Gasteiger partial charge in [-0.3, -0.25) is 9.48 Å². The molecule has 0 aliphatic heterocycles. The quantitative estimate of drug-likeness (QED) is 0.795. The lowest BCUT2D eigenvalue weighted by molar-refractivity contribution is -0.122. The summed E-state index contributed by atoms with van der Waals surface area (Å²) in [7, 11) is 0. The molecule has 0 aromatic carbocycles. The predicted octanol–water partition coefficient (Wildman–Crippen LogP) is 0.727. The normalized spacial score (nSPS) is 18.2. The fourth-order valence-corrected chi connectivity index (χ4v) is 2.64. The van der Waals surface area contributed by atoms with Gasteiger partial charge in [0, 0.05) is 24.6 Å². The molecule has 1 fully saturated rings. The van der Waals surface area contributed by atoms with Crippen molar-refractivity contribution >= 4 is 5.91 Å². The third-order valence-electron chi connectivity index (χ3n) is 3.95. The number of carbonyl (C=O) groups excluding carboxylic acids is 1. The molecule has 0 bridgehead atoms. The molecular weight excluding hydrogens is 244 g/mol. The molecule has 6 nitrogen and oxygen atoms in total. The first-order chi connectivity index (χ1) is 9.24. The van der Waals surface area contributed by atoms with Crippen LogP contribution in [0.15, 0.2) is 12.4 Å². The molecule has 0 atom stereocenters. The van der Waals surface area contributed by atoms with Crippen molar-refractivity contribution in [1.82, 2.24) is 20.3 Å². The number of rotatable bonds is 6. The van der Waals surface area contributed by atoms with Crippen molar-refractivity contribution in [1.29, 1.82) is 0 Å². The average molecular weight is 266 g/mol. The van der Waals surface area contributed by atoms with Crippen LogP contribution in [0.1, 0.15) is 38.5 Å². The summed E-state index contributed by atoms with van der Waals surface area (Å²) < 4.78 is 1.64. The van der Waals surface area contributed by atoms with E-state index in [0.29, 0.717) is 19.5 Å². The number of aliphatic hydroxyl groups is 1. The van der Waals surface area contributed by atoms with Crippen LogP contribution in [0, 0.1) is 5.41 Å². The Morgan fingerprint density at radius 1 is 1.37 bits per heavy atom. The first kappa shape index (κ1) is 14.0.